The molecule has 16 heavy (non-hydrogen) atoms. The van der Waals surface area contributed by atoms with E-state index in [2.05, 4.69) is 32.3 Å². The third kappa shape index (κ3) is 2.00. The van der Waals surface area contributed by atoms with Crippen molar-refractivity contribution in [2.45, 2.75) is 6.10 Å². The van der Waals surface area contributed by atoms with Gasteiger partial charge in [-0.2, -0.15) is 0 Å². The first-order valence-corrected chi connectivity index (χ1v) is 6.82. The molecule has 3 nitrogen and oxygen atoms in total. The van der Waals surface area contributed by atoms with Crippen LogP contribution in [0.15, 0.2) is 22.7 Å². The summed E-state index contributed by atoms with van der Waals surface area (Å²) >= 11 is 5.18. The Bertz CT molecular complexity index is 508. The predicted molar refractivity (Wildman–Crippen MR) is 68.9 cm³/mol. The van der Waals surface area contributed by atoms with Gasteiger partial charge in [0, 0.05) is 17.6 Å². The SMILES string of the molecule is Brc1ccc2nc(C3CNCCO3)sc2c1. The number of morpholine rings is 1. The molecular formula is C11H11BrN2OS. The first-order valence-electron chi connectivity index (χ1n) is 5.21. The zero-order chi connectivity index (χ0) is 11.0. The molecule has 0 amide bonds. The summed E-state index contributed by atoms with van der Waals surface area (Å²) in [5, 5.41) is 4.39. The minimum absolute atomic E-state index is 0.116. The van der Waals surface area contributed by atoms with Crippen molar-refractivity contribution in [2.24, 2.45) is 0 Å². The lowest BCUT2D eigenvalue weighted by Gasteiger charge is -2.21. The van der Waals surface area contributed by atoms with Gasteiger partial charge in [0.1, 0.15) is 11.1 Å². The zero-order valence-corrected chi connectivity index (χ0v) is 11.0. The van der Waals surface area contributed by atoms with Crippen molar-refractivity contribution in [1.82, 2.24) is 10.3 Å². The molecular weight excluding hydrogens is 288 g/mol. The first-order chi connectivity index (χ1) is 7.83. The Morgan fingerprint density at radius 3 is 3.25 bits per heavy atom. The molecule has 5 heteroatoms. The van der Waals surface area contributed by atoms with Crippen LogP contribution >= 0.6 is 27.3 Å². The lowest BCUT2D eigenvalue weighted by atomic mass is 10.3. The molecule has 1 atom stereocenters. The van der Waals surface area contributed by atoms with Gasteiger partial charge in [-0.3, -0.25) is 0 Å². The van der Waals surface area contributed by atoms with Crippen molar-refractivity contribution < 1.29 is 4.74 Å². The molecule has 0 aliphatic carbocycles. The molecule has 1 aliphatic rings. The molecule has 1 fully saturated rings. The van der Waals surface area contributed by atoms with Crippen LogP contribution in [0.1, 0.15) is 11.1 Å². The summed E-state index contributed by atoms with van der Waals surface area (Å²) in [4.78, 5) is 4.61. The molecule has 0 radical (unpaired) electrons. The maximum absolute atomic E-state index is 5.70. The highest BCUT2D eigenvalue weighted by molar-refractivity contribution is 9.10. The summed E-state index contributed by atoms with van der Waals surface area (Å²) in [6, 6.07) is 6.16. The number of halogens is 1. The van der Waals surface area contributed by atoms with E-state index < -0.39 is 0 Å². The Kier molecular flexibility index (Phi) is 2.93. The van der Waals surface area contributed by atoms with Crippen LogP contribution in [-0.2, 0) is 4.74 Å². The third-order valence-corrected chi connectivity index (χ3v) is 4.17. The molecule has 1 aliphatic heterocycles. The molecule has 1 N–H and O–H groups in total. The monoisotopic (exact) mass is 298 g/mol. The summed E-state index contributed by atoms with van der Waals surface area (Å²) in [5.41, 5.74) is 1.05. The number of thiazole rings is 1. The number of nitrogens with zero attached hydrogens (tertiary/aromatic N) is 1. The van der Waals surface area contributed by atoms with E-state index >= 15 is 0 Å². The van der Waals surface area contributed by atoms with E-state index in [9.17, 15) is 0 Å². The predicted octanol–water partition coefficient (Wildman–Crippen LogP) is 2.72. The first kappa shape index (κ1) is 10.7. The Morgan fingerprint density at radius 1 is 1.50 bits per heavy atom. The van der Waals surface area contributed by atoms with E-state index in [-0.39, 0.29) is 6.10 Å². The second-order valence-electron chi connectivity index (χ2n) is 3.73. The van der Waals surface area contributed by atoms with Crippen LogP contribution in [-0.4, -0.2) is 24.7 Å². The number of fused-ring (bicyclic) bond motifs is 1. The van der Waals surface area contributed by atoms with E-state index in [0.717, 1.165) is 34.7 Å². The Hall–Kier alpha value is -0.490. The number of ether oxygens (including phenoxy) is 1. The Labute approximate surface area is 106 Å². The van der Waals surface area contributed by atoms with Gasteiger partial charge in [0.25, 0.3) is 0 Å². The maximum Gasteiger partial charge on any atom is 0.124 e. The number of hydrogen-bond donors (Lipinski definition) is 1. The lowest BCUT2D eigenvalue weighted by Crippen LogP contribution is -2.33. The summed E-state index contributed by atoms with van der Waals surface area (Å²) in [5.74, 6) is 0. The van der Waals surface area contributed by atoms with Gasteiger partial charge in [0.2, 0.25) is 0 Å². The van der Waals surface area contributed by atoms with E-state index in [1.807, 2.05) is 12.1 Å². The van der Waals surface area contributed by atoms with Gasteiger partial charge in [-0.15, -0.1) is 11.3 Å². The van der Waals surface area contributed by atoms with Gasteiger partial charge >= 0.3 is 0 Å². The van der Waals surface area contributed by atoms with Crippen molar-refractivity contribution in [3.63, 3.8) is 0 Å². The highest BCUT2D eigenvalue weighted by Gasteiger charge is 2.19. The fourth-order valence-electron chi connectivity index (χ4n) is 1.78. The van der Waals surface area contributed by atoms with Crippen LogP contribution in [0.25, 0.3) is 10.2 Å². The van der Waals surface area contributed by atoms with Crippen molar-refractivity contribution >= 4 is 37.5 Å². The number of hydrogen-bond acceptors (Lipinski definition) is 4. The summed E-state index contributed by atoms with van der Waals surface area (Å²) in [7, 11) is 0. The molecule has 0 saturated carbocycles. The molecule has 1 unspecified atom stereocenters. The van der Waals surface area contributed by atoms with Crippen LogP contribution < -0.4 is 5.32 Å². The normalized spacial score (nSPS) is 21.4. The number of nitrogens with one attached hydrogen (secondary N) is 1. The largest absolute Gasteiger partial charge is 0.368 e. The van der Waals surface area contributed by atoms with E-state index in [0.29, 0.717) is 0 Å². The minimum Gasteiger partial charge on any atom is -0.368 e. The van der Waals surface area contributed by atoms with Gasteiger partial charge in [-0.25, -0.2) is 4.98 Å². The van der Waals surface area contributed by atoms with Crippen LogP contribution in [0.3, 0.4) is 0 Å². The van der Waals surface area contributed by atoms with Crippen molar-refractivity contribution in [2.75, 3.05) is 19.7 Å². The van der Waals surface area contributed by atoms with Gasteiger partial charge in [-0.1, -0.05) is 15.9 Å². The lowest BCUT2D eigenvalue weighted by molar-refractivity contribution is 0.0277. The summed E-state index contributed by atoms with van der Waals surface area (Å²) in [6.45, 7) is 2.57. The van der Waals surface area contributed by atoms with Crippen LogP contribution in [0.4, 0.5) is 0 Å². The van der Waals surface area contributed by atoms with E-state index in [4.69, 9.17) is 4.74 Å². The number of aromatic nitrogens is 1. The molecule has 2 heterocycles. The fourth-order valence-corrected chi connectivity index (χ4v) is 3.35. The molecule has 0 spiro atoms. The number of benzene rings is 1. The van der Waals surface area contributed by atoms with Crippen molar-refractivity contribution in [1.29, 1.82) is 0 Å². The molecule has 1 saturated heterocycles. The van der Waals surface area contributed by atoms with E-state index in [1.54, 1.807) is 11.3 Å². The molecule has 1 aromatic heterocycles. The van der Waals surface area contributed by atoms with E-state index in [1.165, 1.54) is 4.70 Å². The number of rotatable bonds is 1. The average Bonchev–Trinajstić information content (AvgIpc) is 2.73. The van der Waals surface area contributed by atoms with Crippen LogP contribution in [0.2, 0.25) is 0 Å². The minimum atomic E-state index is 0.116. The van der Waals surface area contributed by atoms with Crippen molar-refractivity contribution in [3.8, 4) is 0 Å². The van der Waals surface area contributed by atoms with Gasteiger partial charge < -0.3 is 10.1 Å². The summed E-state index contributed by atoms with van der Waals surface area (Å²) < 4.78 is 8.00. The molecule has 1 aromatic carbocycles. The van der Waals surface area contributed by atoms with Crippen LogP contribution in [0, 0.1) is 0 Å². The van der Waals surface area contributed by atoms with Crippen LogP contribution in [0.5, 0.6) is 0 Å². The fraction of sp³-hybridized carbons (Fsp3) is 0.364. The Balaban J connectivity index is 1.97. The molecule has 0 bridgehead atoms. The maximum atomic E-state index is 5.70. The van der Waals surface area contributed by atoms with Crippen molar-refractivity contribution in [3.05, 3.63) is 27.7 Å². The van der Waals surface area contributed by atoms with Gasteiger partial charge in [0.05, 0.1) is 16.8 Å². The average molecular weight is 299 g/mol. The third-order valence-electron chi connectivity index (χ3n) is 2.57. The molecule has 84 valence electrons. The zero-order valence-electron chi connectivity index (χ0n) is 8.57. The highest BCUT2D eigenvalue weighted by atomic mass is 79.9. The molecule has 3 rings (SSSR count). The quantitative estimate of drug-likeness (QED) is 0.879. The highest BCUT2D eigenvalue weighted by Crippen LogP contribution is 2.30. The smallest absolute Gasteiger partial charge is 0.124 e. The van der Waals surface area contributed by atoms with Gasteiger partial charge in [0.15, 0.2) is 0 Å². The second kappa shape index (κ2) is 4.41. The standard InChI is InChI=1S/C11H11BrN2OS/c12-7-1-2-8-10(5-7)16-11(14-8)9-6-13-3-4-15-9/h1-2,5,9,13H,3-4,6H2. The second-order valence-corrected chi connectivity index (χ2v) is 5.71. The Morgan fingerprint density at radius 2 is 2.44 bits per heavy atom. The molecule has 2 aromatic rings. The topological polar surface area (TPSA) is 34.2 Å². The summed E-state index contributed by atoms with van der Waals surface area (Å²) in [6.07, 6.45) is 0.116. The van der Waals surface area contributed by atoms with Gasteiger partial charge in [-0.05, 0) is 18.2 Å².